The smallest absolute Gasteiger partial charge is 0.337 e. The van der Waals surface area contributed by atoms with Crippen molar-refractivity contribution in [3.8, 4) is 0 Å². The molecular formula is C27H35F2N3O5S. The molecule has 38 heavy (non-hydrogen) atoms. The van der Waals surface area contributed by atoms with Gasteiger partial charge in [0.05, 0.1) is 18.4 Å². The van der Waals surface area contributed by atoms with Gasteiger partial charge in [0, 0.05) is 19.0 Å². The zero-order valence-corrected chi connectivity index (χ0v) is 22.7. The van der Waals surface area contributed by atoms with E-state index in [1.54, 1.807) is 18.2 Å². The van der Waals surface area contributed by atoms with Gasteiger partial charge in [0.25, 0.3) is 12.0 Å². The van der Waals surface area contributed by atoms with Gasteiger partial charge in [-0.1, -0.05) is 6.07 Å². The Balaban J connectivity index is 1.32. The van der Waals surface area contributed by atoms with Crippen LogP contribution in [0.4, 0.5) is 8.78 Å². The molecule has 1 saturated carbocycles. The molecule has 0 unspecified atom stereocenters. The number of piperidine rings is 1. The zero-order valence-electron chi connectivity index (χ0n) is 21.8. The van der Waals surface area contributed by atoms with Gasteiger partial charge in [0.2, 0.25) is 10.0 Å². The van der Waals surface area contributed by atoms with Crippen LogP contribution in [0.2, 0.25) is 0 Å². The fraction of sp³-hybridized carbons (Fsp3) is 0.593. The average Bonchev–Trinajstić information content (AvgIpc) is 3.21. The van der Waals surface area contributed by atoms with E-state index in [1.165, 1.54) is 11.4 Å². The molecule has 1 N–H and O–H groups in total. The summed E-state index contributed by atoms with van der Waals surface area (Å²) in [6.07, 6.45) is 3.90. The van der Waals surface area contributed by atoms with Crippen LogP contribution < -0.4 is 5.32 Å². The molecule has 1 saturated heterocycles. The lowest BCUT2D eigenvalue weighted by molar-refractivity contribution is -0.125. The third kappa shape index (κ3) is 6.31. The number of amidine groups is 1. The molecule has 1 aromatic carbocycles. The molecule has 0 radical (unpaired) electrons. The molecule has 2 fully saturated rings. The SMILES string of the molecule is COC(=O)c1ccc(CCS(=O)(=O)N2CCC3(CC2)N=C([C@H]2CC[C@H](CC=C(F)F)CC2)NC3=O)c(C)c1. The number of benzene rings is 1. The Labute approximate surface area is 222 Å². The van der Waals surface area contributed by atoms with Crippen LogP contribution >= 0.6 is 0 Å². The van der Waals surface area contributed by atoms with Crippen LogP contribution in [0.1, 0.15) is 66.4 Å². The topological polar surface area (TPSA) is 105 Å². The van der Waals surface area contributed by atoms with E-state index in [0.29, 0.717) is 37.1 Å². The maximum absolute atomic E-state index is 13.1. The summed E-state index contributed by atoms with van der Waals surface area (Å²) in [7, 11) is -2.23. The monoisotopic (exact) mass is 551 g/mol. The molecule has 3 aliphatic rings. The molecule has 1 aromatic rings. The van der Waals surface area contributed by atoms with Gasteiger partial charge < -0.3 is 10.1 Å². The molecule has 2 aliphatic heterocycles. The molecular weight excluding hydrogens is 516 g/mol. The number of methoxy groups -OCH3 is 1. The number of halogens is 2. The molecule has 1 aliphatic carbocycles. The van der Waals surface area contributed by atoms with Crippen LogP contribution in [0.15, 0.2) is 35.3 Å². The van der Waals surface area contributed by atoms with Crippen LogP contribution in [0.3, 0.4) is 0 Å². The predicted molar refractivity (Wildman–Crippen MR) is 139 cm³/mol. The fourth-order valence-corrected chi connectivity index (χ4v) is 7.20. The van der Waals surface area contributed by atoms with E-state index in [4.69, 9.17) is 9.73 Å². The van der Waals surface area contributed by atoms with Gasteiger partial charge in [0.1, 0.15) is 11.4 Å². The van der Waals surface area contributed by atoms with Crippen LogP contribution in [-0.4, -0.2) is 61.9 Å². The summed E-state index contributed by atoms with van der Waals surface area (Å²) in [6, 6.07) is 5.08. The van der Waals surface area contributed by atoms with Gasteiger partial charge in [-0.2, -0.15) is 8.78 Å². The van der Waals surface area contributed by atoms with Gasteiger partial charge in [-0.25, -0.2) is 17.5 Å². The number of sulfonamides is 1. The Morgan fingerprint density at radius 3 is 2.50 bits per heavy atom. The molecule has 1 spiro atoms. The molecule has 208 valence electrons. The molecule has 2 heterocycles. The Morgan fingerprint density at radius 1 is 1.21 bits per heavy atom. The molecule has 1 amide bonds. The Kier molecular flexibility index (Phi) is 8.66. The molecule has 0 atom stereocenters. The predicted octanol–water partition coefficient (Wildman–Crippen LogP) is 3.99. The highest BCUT2D eigenvalue weighted by Gasteiger charge is 2.48. The number of hydrogen-bond donors (Lipinski definition) is 1. The first-order valence-electron chi connectivity index (χ1n) is 13.1. The van der Waals surface area contributed by atoms with Crippen molar-refractivity contribution in [3.63, 3.8) is 0 Å². The van der Waals surface area contributed by atoms with Gasteiger partial charge in [0.15, 0.2) is 0 Å². The Morgan fingerprint density at radius 2 is 1.89 bits per heavy atom. The minimum atomic E-state index is -3.54. The van der Waals surface area contributed by atoms with E-state index in [2.05, 4.69) is 5.32 Å². The van der Waals surface area contributed by atoms with Crippen LogP contribution in [-0.2, 0) is 26.0 Å². The highest BCUT2D eigenvalue weighted by molar-refractivity contribution is 7.89. The third-order valence-corrected chi connectivity index (χ3v) is 10.0. The highest BCUT2D eigenvalue weighted by Crippen LogP contribution is 2.37. The van der Waals surface area contributed by atoms with E-state index < -0.39 is 27.6 Å². The Bertz CT molecular complexity index is 1230. The summed E-state index contributed by atoms with van der Waals surface area (Å²) in [6.45, 7) is 2.28. The second kappa shape index (κ2) is 11.6. The summed E-state index contributed by atoms with van der Waals surface area (Å²) in [5, 5.41) is 2.95. The number of esters is 1. The van der Waals surface area contributed by atoms with Gasteiger partial charge >= 0.3 is 5.97 Å². The number of rotatable bonds is 8. The van der Waals surface area contributed by atoms with Crippen molar-refractivity contribution < 1.29 is 31.5 Å². The number of ether oxygens (including phenoxy) is 1. The summed E-state index contributed by atoms with van der Waals surface area (Å²) in [4.78, 5) is 29.4. The maximum atomic E-state index is 13.1. The molecule has 4 rings (SSSR count). The van der Waals surface area contributed by atoms with Crippen molar-refractivity contribution in [2.24, 2.45) is 16.8 Å². The van der Waals surface area contributed by atoms with E-state index in [0.717, 1.165) is 42.9 Å². The molecule has 0 aromatic heterocycles. The largest absolute Gasteiger partial charge is 0.465 e. The third-order valence-electron chi connectivity index (χ3n) is 8.17. The maximum Gasteiger partial charge on any atom is 0.337 e. The summed E-state index contributed by atoms with van der Waals surface area (Å²) < 4.78 is 57.1. The van der Waals surface area contributed by atoms with E-state index in [-0.39, 0.29) is 36.6 Å². The second-order valence-corrected chi connectivity index (χ2v) is 12.6. The number of aliphatic imine (C=N–C) groups is 1. The molecule has 0 bridgehead atoms. The number of aryl methyl sites for hydroxylation is 2. The van der Waals surface area contributed by atoms with Gasteiger partial charge in [-0.05, 0) is 93.5 Å². The number of amides is 1. The van der Waals surface area contributed by atoms with Gasteiger partial charge in [-0.3, -0.25) is 9.79 Å². The second-order valence-electron chi connectivity index (χ2n) is 10.5. The van der Waals surface area contributed by atoms with Crippen LogP contribution in [0, 0.1) is 18.8 Å². The average molecular weight is 552 g/mol. The standard InChI is InChI=1S/C27H35F2N3O5S/c1-18-17-22(25(33)37-2)9-8-20(18)11-16-38(35,36)32-14-12-27(13-15-32)26(34)30-24(31-27)21-6-3-19(4-7-21)5-10-23(28)29/h8-10,17,19,21H,3-7,11-16H2,1-2H3,(H,30,31,34)/t19-,21-. The summed E-state index contributed by atoms with van der Waals surface area (Å²) >= 11 is 0. The fourth-order valence-electron chi connectivity index (χ4n) is 5.73. The number of allylic oxidation sites excluding steroid dienone is 1. The first-order chi connectivity index (χ1) is 18.0. The van der Waals surface area contributed by atoms with Crippen molar-refractivity contribution in [2.75, 3.05) is 26.0 Å². The molecule has 11 heteroatoms. The van der Waals surface area contributed by atoms with Crippen molar-refractivity contribution in [2.45, 2.75) is 63.8 Å². The minimum Gasteiger partial charge on any atom is -0.465 e. The lowest BCUT2D eigenvalue weighted by atomic mass is 9.80. The minimum absolute atomic E-state index is 0.0656. The van der Waals surface area contributed by atoms with Crippen molar-refractivity contribution in [1.29, 1.82) is 0 Å². The zero-order chi connectivity index (χ0) is 27.5. The van der Waals surface area contributed by atoms with Crippen LogP contribution in [0.5, 0.6) is 0 Å². The van der Waals surface area contributed by atoms with Crippen molar-refractivity contribution >= 4 is 27.7 Å². The Hall–Kier alpha value is -2.66. The highest BCUT2D eigenvalue weighted by atomic mass is 32.2. The van der Waals surface area contributed by atoms with E-state index >= 15 is 0 Å². The molecule has 8 nitrogen and oxygen atoms in total. The first-order valence-corrected chi connectivity index (χ1v) is 14.7. The lowest BCUT2D eigenvalue weighted by Crippen LogP contribution is -2.51. The van der Waals surface area contributed by atoms with E-state index in [1.807, 2.05) is 6.92 Å². The number of carbonyl (C=O) groups excluding carboxylic acids is 2. The van der Waals surface area contributed by atoms with Crippen molar-refractivity contribution in [3.05, 3.63) is 47.0 Å². The lowest BCUT2D eigenvalue weighted by Gasteiger charge is -2.34. The number of carbonyl (C=O) groups is 2. The van der Waals surface area contributed by atoms with Crippen LogP contribution in [0.25, 0.3) is 0 Å². The first kappa shape index (κ1) is 28.4. The number of hydrogen-bond acceptors (Lipinski definition) is 6. The summed E-state index contributed by atoms with van der Waals surface area (Å²) in [5.41, 5.74) is 1.16. The van der Waals surface area contributed by atoms with Gasteiger partial charge in [-0.15, -0.1) is 0 Å². The number of nitrogens with one attached hydrogen (secondary N) is 1. The van der Waals surface area contributed by atoms with Crippen molar-refractivity contribution in [1.82, 2.24) is 9.62 Å². The number of nitrogens with zero attached hydrogens (tertiary/aromatic N) is 2. The normalized spacial score (nSPS) is 23.6. The summed E-state index contributed by atoms with van der Waals surface area (Å²) in [5.74, 6) is 0.320. The quantitative estimate of drug-likeness (QED) is 0.492. The van der Waals surface area contributed by atoms with E-state index in [9.17, 15) is 26.8 Å².